The lowest BCUT2D eigenvalue weighted by Gasteiger charge is -2.37. The molecule has 0 saturated carbocycles. The molecule has 2 atom stereocenters. The number of benzene rings is 2. The van der Waals surface area contributed by atoms with Gasteiger partial charge in [-0.25, -0.2) is 4.98 Å². The Balaban J connectivity index is 1.17. The highest BCUT2D eigenvalue weighted by Gasteiger charge is 2.32. The van der Waals surface area contributed by atoms with Crippen molar-refractivity contribution in [2.45, 2.75) is 63.7 Å². The van der Waals surface area contributed by atoms with E-state index in [1.807, 2.05) is 30.0 Å². The van der Waals surface area contributed by atoms with E-state index in [2.05, 4.69) is 22.5 Å². The Labute approximate surface area is 280 Å². The molecule has 0 radical (unpaired) electrons. The third-order valence-corrected chi connectivity index (χ3v) is 11.1. The van der Waals surface area contributed by atoms with Crippen LogP contribution in [0.5, 0.6) is 0 Å². The number of rotatable bonds is 9. The monoisotopic (exact) mass is 656 g/mol. The number of thioether (sulfide) groups is 1. The number of allylic oxidation sites excluding steroid dienone is 2. The van der Waals surface area contributed by atoms with E-state index in [9.17, 15) is 19.5 Å². The number of carboxylic acid groups (broad SMARTS) is 1. The molecule has 3 aromatic rings. The van der Waals surface area contributed by atoms with Crippen LogP contribution in [-0.2, 0) is 16.6 Å². The SMILES string of the molecule is CCN1CCN(C(C(=O)O)c2ccc(Nc3nc(-c4cccc(NC(=O)C5CC6=C(CCCCC6)S5)c4C)cn(C)c3=O)cc2)CC1. The second kappa shape index (κ2) is 14.5. The standard InChI is InChI=1S/C36H44N6O4S/c1-4-41-17-19-42(20-18-41)32(36(45)46)24-13-15-26(16-14-24)37-33-35(44)40(3)22-29(38-33)27-10-8-11-28(23(27)2)39-34(43)31-21-25-9-6-5-7-12-30(25)47-31/h8,10-11,13-16,22,31-32H,4-7,9,12,17-21H2,1-3H3,(H,37,38)(H,39,43)(H,45,46). The van der Waals surface area contributed by atoms with Crippen molar-refractivity contribution in [1.29, 1.82) is 0 Å². The minimum atomic E-state index is -0.874. The minimum absolute atomic E-state index is 0.0240. The van der Waals surface area contributed by atoms with Crippen molar-refractivity contribution >= 4 is 40.8 Å². The first-order valence-electron chi connectivity index (χ1n) is 16.6. The lowest BCUT2D eigenvalue weighted by molar-refractivity contribution is -0.144. The summed E-state index contributed by atoms with van der Waals surface area (Å²) in [7, 11) is 1.69. The maximum atomic E-state index is 13.4. The number of hydrogen-bond donors (Lipinski definition) is 3. The van der Waals surface area contributed by atoms with Gasteiger partial charge in [0, 0.05) is 56.4 Å². The maximum absolute atomic E-state index is 13.4. The molecule has 0 bridgehead atoms. The van der Waals surface area contributed by atoms with Crippen LogP contribution in [0.15, 0.2) is 63.9 Å². The number of carbonyl (C=O) groups excluding carboxylic acids is 1. The number of carbonyl (C=O) groups is 2. The summed E-state index contributed by atoms with van der Waals surface area (Å²) in [6.07, 6.45) is 8.42. The Bertz CT molecular complexity index is 1710. The van der Waals surface area contributed by atoms with Gasteiger partial charge in [0.2, 0.25) is 5.91 Å². The largest absolute Gasteiger partial charge is 0.480 e. The predicted molar refractivity (Wildman–Crippen MR) is 188 cm³/mol. The Morgan fingerprint density at radius 1 is 1.04 bits per heavy atom. The number of amides is 1. The van der Waals surface area contributed by atoms with Gasteiger partial charge in [-0.2, -0.15) is 0 Å². The van der Waals surface area contributed by atoms with Crippen LogP contribution in [0.4, 0.5) is 17.2 Å². The van der Waals surface area contributed by atoms with E-state index >= 15 is 0 Å². The van der Waals surface area contributed by atoms with Crippen LogP contribution >= 0.6 is 11.8 Å². The highest BCUT2D eigenvalue weighted by Crippen LogP contribution is 2.44. The molecule has 248 valence electrons. The molecule has 3 heterocycles. The van der Waals surface area contributed by atoms with Gasteiger partial charge in [0.15, 0.2) is 5.82 Å². The quantitative estimate of drug-likeness (QED) is 0.258. The van der Waals surface area contributed by atoms with Crippen LogP contribution in [0.2, 0.25) is 0 Å². The molecule has 2 aromatic carbocycles. The summed E-state index contributed by atoms with van der Waals surface area (Å²) in [6, 6.07) is 12.2. The van der Waals surface area contributed by atoms with E-state index in [4.69, 9.17) is 4.98 Å². The number of anilines is 3. The molecular weight excluding hydrogens is 613 g/mol. The van der Waals surface area contributed by atoms with Crippen molar-refractivity contribution < 1.29 is 14.7 Å². The molecule has 1 amide bonds. The summed E-state index contributed by atoms with van der Waals surface area (Å²) >= 11 is 1.74. The molecule has 10 nitrogen and oxygen atoms in total. The summed E-state index contributed by atoms with van der Waals surface area (Å²) < 4.78 is 1.49. The first-order chi connectivity index (χ1) is 22.7. The van der Waals surface area contributed by atoms with Crippen molar-refractivity contribution in [1.82, 2.24) is 19.4 Å². The highest BCUT2D eigenvalue weighted by molar-refractivity contribution is 8.04. The Morgan fingerprint density at radius 2 is 1.79 bits per heavy atom. The summed E-state index contributed by atoms with van der Waals surface area (Å²) in [6.45, 7) is 8.12. The van der Waals surface area contributed by atoms with Gasteiger partial charge >= 0.3 is 5.97 Å². The van der Waals surface area contributed by atoms with Crippen molar-refractivity contribution in [2.75, 3.05) is 43.4 Å². The van der Waals surface area contributed by atoms with E-state index < -0.39 is 12.0 Å². The van der Waals surface area contributed by atoms with E-state index in [-0.39, 0.29) is 22.5 Å². The molecule has 1 saturated heterocycles. The van der Waals surface area contributed by atoms with Gasteiger partial charge < -0.3 is 25.2 Å². The molecule has 2 unspecified atom stereocenters. The summed E-state index contributed by atoms with van der Waals surface area (Å²) in [4.78, 5) is 49.2. The molecule has 3 N–H and O–H groups in total. The number of likely N-dealkylation sites (N-methyl/N-ethyl adjacent to an activating group) is 1. The van der Waals surface area contributed by atoms with Crippen LogP contribution in [0.25, 0.3) is 11.3 Å². The van der Waals surface area contributed by atoms with Gasteiger partial charge in [-0.1, -0.05) is 43.2 Å². The second-order valence-corrected chi connectivity index (χ2v) is 14.0. The van der Waals surface area contributed by atoms with Crippen LogP contribution in [0, 0.1) is 6.92 Å². The van der Waals surface area contributed by atoms with Crippen molar-refractivity contribution in [3.8, 4) is 11.3 Å². The fourth-order valence-corrected chi connectivity index (χ4v) is 8.28. The van der Waals surface area contributed by atoms with Gasteiger partial charge in [-0.05, 0) is 79.8 Å². The van der Waals surface area contributed by atoms with Crippen molar-refractivity contribution in [3.05, 3.63) is 80.6 Å². The summed E-state index contributed by atoms with van der Waals surface area (Å²) in [5.41, 5.74) is 5.53. The summed E-state index contributed by atoms with van der Waals surface area (Å²) in [5.74, 6) is -0.691. The smallest absolute Gasteiger partial charge is 0.325 e. The molecule has 11 heteroatoms. The zero-order valence-corrected chi connectivity index (χ0v) is 28.2. The van der Waals surface area contributed by atoms with E-state index in [0.29, 0.717) is 30.0 Å². The number of aromatic nitrogens is 2. The average Bonchev–Trinajstić information content (AvgIpc) is 3.35. The second-order valence-electron chi connectivity index (χ2n) is 12.7. The number of piperazine rings is 1. The number of aryl methyl sites for hydroxylation is 1. The van der Waals surface area contributed by atoms with Gasteiger partial charge in [-0.15, -0.1) is 11.8 Å². The molecule has 0 spiro atoms. The minimum Gasteiger partial charge on any atom is -0.480 e. The zero-order valence-electron chi connectivity index (χ0n) is 27.4. The van der Waals surface area contributed by atoms with Gasteiger partial charge in [0.05, 0.1) is 10.9 Å². The fraction of sp³-hybridized carbons (Fsp3) is 0.444. The number of hydrogen-bond acceptors (Lipinski definition) is 8. The normalized spacial score (nSPS) is 19.6. The molecule has 1 aromatic heterocycles. The lowest BCUT2D eigenvalue weighted by atomic mass is 10.0. The Morgan fingerprint density at radius 3 is 2.51 bits per heavy atom. The third-order valence-electron chi connectivity index (χ3n) is 9.67. The maximum Gasteiger partial charge on any atom is 0.325 e. The fourth-order valence-electron chi connectivity index (χ4n) is 6.87. The van der Waals surface area contributed by atoms with Gasteiger partial charge in [0.25, 0.3) is 5.56 Å². The molecule has 47 heavy (non-hydrogen) atoms. The Hall–Kier alpha value is -3.93. The van der Waals surface area contributed by atoms with E-state index in [1.165, 1.54) is 34.3 Å². The molecule has 1 fully saturated rings. The number of nitrogens with one attached hydrogen (secondary N) is 2. The van der Waals surface area contributed by atoms with Crippen LogP contribution in [-0.4, -0.2) is 74.3 Å². The van der Waals surface area contributed by atoms with E-state index in [0.717, 1.165) is 55.7 Å². The lowest BCUT2D eigenvalue weighted by Crippen LogP contribution is -2.49. The molecule has 3 aliphatic rings. The van der Waals surface area contributed by atoms with Crippen LogP contribution in [0.3, 0.4) is 0 Å². The first-order valence-corrected chi connectivity index (χ1v) is 17.5. The van der Waals surface area contributed by atoms with Crippen molar-refractivity contribution in [2.24, 2.45) is 7.05 Å². The van der Waals surface area contributed by atoms with Crippen LogP contribution < -0.4 is 16.2 Å². The summed E-state index contributed by atoms with van der Waals surface area (Å²) in [5, 5.41) is 16.3. The molecule has 1 aliphatic carbocycles. The zero-order chi connectivity index (χ0) is 33.1. The average molecular weight is 657 g/mol. The van der Waals surface area contributed by atoms with Crippen LogP contribution in [0.1, 0.15) is 62.6 Å². The number of carboxylic acids is 1. The topological polar surface area (TPSA) is 120 Å². The van der Waals surface area contributed by atoms with Gasteiger partial charge in [0.1, 0.15) is 6.04 Å². The van der Waals surface area contributed by atoms with Crippen molar-refractivity contribution in [3.63, 3.8) is 0 Å². The number of nitrogens with zero attached hydrogens (tertiary/aromatic N) is 4. The Kier molecular flexibility index (Phi) is 10.1. The third kappa shape index (κ3) is 7.32. The number of aliphatic carboxylic acids is 1. The van der Waals surface area contributed by atoms with E-state index in [1.54, 1.807) is 49.3 Å². The first kappa shape index (κ1) is 33.0. The predicted octanol–water partition coefficient (Wildman–Crippen LogP) is 5.92. The molecule has 6 rings (SSSR count). The molecular formula is C36H44N6O4S. The highest BCUT2D eigenvalue weighted by atomic mass is 32.2. The van der Waals surface area contributed by atoms with Gasteiger partial charge in [-0.3, -0.25) is 19.3 Å². The molecule has 2 aliphatic heterocycles.